The Labute approximate surface area is 192 Å². The van der Waals surface area contributed by atoms with Crippen LogP contribution in [0.4, 0.5) is 16.2 Å². The molecule has 0 heterocycles. The Morgan fingerprint density at radius 3 is 2.06 bits per heavy atom. The van der Waals surface area contributed by atoms with Crippen molar-refractivity contribution in [2.75, 3.05) is 11.5 Å². The summed E-state index contributed by atoms with van der Waals surface area (Å²) in [5, 5.41) is 2.94. The van der Waals surface area contributed by atoms with E-state index in [0.717, 1.165) is 49.0 Å². The second-order valence-electron chi connectivity index (χ2n) is 9.51. The Balaban J connectivity index is 0.000000241. The van der Waals surface area contributed by atoms with Crippen molar-refractivity contribution in [3.63, 3.8) is 0 Å². The van der Waals surface area contributed by atoms with Crippen LogP contribution in [0.15, 0.2) is 36.4 Å². The summed E-state index contributed by atoms with van der Waals surface area (Å²) in [5.74, 6) is 0. The topological polar surface area (TPSA) is 116 Å². The largest absolute Gasteiger partial charge is 0.444 e. The van der Waals surface area contributed by atoms with Gasteiger partial charge in [-0.3, -0.25) is 0 Å². The lowest BCUT2D eigenvalue weighted by Gasteiger charge is -2.28. The first-order valence-corrected chi connectivity index (χ1v) is 11.1. The SMILES string of the molecule is C.CC(C)(C)OC(=O)NC1CCCc2ccc(N)cc21.Nc1ccc2c(c1)C(N)CCC2. The third-order valence-corrected chi connectivity index (χ3v) is 5.71. The van der Waals surface area contributed by atoms with Crippen molar-refractivity contribution >= 4 is 17.5 Å². The van der Waals surface area contributed by atoms with Crippen molar-refractivity contribution in [2.45, 2.75) is 84.4 Å². The standard InChI is InChI=1S/C15H22N2O2.C10H14N2.CH4/c1-15(2,3)19-14(18)17-13-6-4-5-10-7-8-11(16)9-12(10)13;11-8-5-4-7-2-1-3-10(12)9(7)6-8;/h7-9,13H,4-6,16H2,1-3H3,(H,17,18);4-6,10H,1-3,11-12H2;1H4. The molecule has 0 bridgehead atoms. The smallest absolute Gasteiger partial charge is 0.408 e. The Bertz CT molecular complexity index is 921. The summed E-state index contributed by atoms with van der Waals surface area (Å²) in [6, 6.07) is 12.2. The number of amides is 1. The number of aryl methyl sites for hydroxylation is 2. The molecule has 2 aromatic rings. The number of nitrogens with two attached hydrogens (primary N) is 3. The van der Waals surface area contributed by atoms with Gasteiger partial charge >= 0.3 is 6.09 Å². The van der Waals surface area contributed by atoms with E-state index in [-0.39, 0.29) is 25.6 Å². The van der Waals surface area contributed by atoms with Gasteiger partial charge in [0.25, 0.3) is 0 Å². The fourth-order valence-corrected chi connectivity index (χ4v) is 4.27. The van der Waals surface area contributed by atoms with Crippen LogP contribution in [-0.4, -0.2) is 11.7 Å². The normalized spacial score (nSPS) is 19.2. The second kappa shape index (κ2) is 10.7. The number of nitrogen functional groups attached to an aromatic ring is 2. The lowest BCUT2D eigenvalue weighted by molar-refractivity contribution is 0.0498. The number of nitrogens with one attached hydrogen (secondary N) is 1. The molecule has 2 atom stereocenters. The van der Waals surface area contributed by atoms with Crippen molar-refractivity contribution in [2.24, 2.45) is 5.73 Å². The minimum absolute atomic E-state index is 0. The van der Waals surface area contributed by atoms with Gasteiger partial charge in [-0.05, 0) is 106 Å². The first-order valence-electron chi connectivity index (χ1n) is 11.1. The number of benzene rings is 2. The van der Waals surface area contributed by atoms with Gasteiger partial charge in [-0.1, -0.05) is 19.6 Å². The molecule has 2 aromatic carbocycles. The average molecular weight is 441 g/mol. The highest BCUT2D eigenvalue weighted by molar-refractivity contribution is 5.68. The molecule has 32 heavy (non-hydrogen) atoms. The molecule has 0 saturated heterocycles. The molecule has 0 radical (unpaired) electrons. The number of rotatable bonds is 1. The van der Waals surface area contributed by atoms with E-state index in [9.17, 15) is 4.79 Å². The predicted octanol–water partition coefficient (Wildman–Crippen LogP) is 5.41. The molecule has 2 aliphatic rings. The number of carbonyl (C=O) groups is 1. The van der Waals surface area contributed by atoms with Gasteiger partial charge < -0.3 is 27.3 Å². The van der Waals surface area contributed by atoms with Crippen LogP contribution in [0.3, 0.4) is 0 Å². The third-order valence-electron chi connectivity index (χ3n) is 5.71. The van der Waals surface area contributed by atoms with Crippen LogP contribution < -0.4 is 22.5 Å². The molecule has 6 heteroatoms. The van der Waals surface area contributed by atoms with Crippen LogP contribution in [0.2, 0.25) is 0 Å². The van der Waals surface area contributed by atoms with Crippen molar-refractivity contribution in [3.8, 4) is 0 Å². The molecule has 4 rings (SSSR count). The van der Waals surface area contributed by atoms with Crippen LogP contribution in [0, 0.1) is 0 Å². The van der Waals surface area contributed by atoms with E-state index < -0.39 is 5.60 Å². The van der Waals surface area contributed by atoms with Crippen molar-refractivity contribution < 1.29 is 9.53 Å². The molecule has 2 unspecified atom stereocenters. The molecule has 0 saturated carbocycles. The van der Waals surface area contributed by atoms with E-state index in [1.807, 2.05) is 51.1 Å². The Morgan fingerprint density at radius 2 is 1.47 bits per heavy atom. The lowest BCUT2D eigenvalue weighted by atomic mass is 9.87. The van der Waals surface area contributed by atoms with Crippen LogP contribution in [0.1, 0.15) is 88.2 Å². The van der Waals surface area contributed by atoms with Gasteiger partial charge in [-0.25, -0.2) is 4.79 Å². The van der Waals surface area contributed by atoms with Crippen LogP contribution in [0.25, 0.3) is 0 Å². The van der Waals surface area contributed by atoms with E-state index in [1.54, 1.807) is 0 Å². The van der Waals surface area contributed by atoms with Gasteiger partial charge in [0.2, 0.25) is 0 Å². The number of carbonyl (C=O) groups excluding carboxylic acids is 1. The molecule has 2 aliphatic carbocycles. The van der Waals surface area contributed by atoms with Gasteiger partial charge in [0.1, 0.15) is 5.60 Å². The summed E-state index contributed by atoms with van der Waals surface area (Å²) in [7, 11) is 0. The summed E-state index contributed by atoms with van der Waals surface area (Å²) >= 11 is 0. The summed E-state index contributed by atoms with van der Waals surface area (Å²) in [4.78, 5) is 11.9. The summed E-state index contributed by atoms with van der Waals surface area (Å²) in [6.07, 6.45) is 6.13. The fourth-order valence-electron chi connectivity index (χ4n) is 4.27. The molecule has 0 spiro atoms. The summed E-state index contributed by atoms with van der Waals surface area (Å²) in [6.45, 7) is 5.58. The first-order chi connectivity index (χ1) is 14.6. The van der Waals surface area contributed by atoms with E-state index in [4.69, 9.17) is 21.9 Å². The number of fused-ring (bicyclic) bond motifs is 2. The number of alkyl carbamates (subject to hydrolysis) is 1. The Hall–Kier alpha value is -2.73. The van der Waals surface area contributed by atoms with Gasteiger partial charge in [0.05, 0.1) is 6.04 Å². The van der Waals surface area contributed by atoms with Gasteiger partial charge in [0, 0.05) is 17.4 Å². The van der Waals surface area contributed by atoms with Gasteiger partial charge in [-0.2, -0.15) is 0 Å². The number of hydrogen-bond acceptors (Lipinski definition) is 5. The maximum atomic E-state index is 11.9. The quantitative estimate of drug-likeness (QED) is 0.442. The molecule has 1 amide bonds. The molecule has 7 N–H and O–H groups in total. The van der Waals surface area contributed by atoms with Crippen LogP contribution in [0.5, 0.6) is 0 Å². The zero-order chi connectivity index (χ0) is 22.6. The van der Waals surface area contributed by atoms with Crippen LogP contribution >= 0.6 is 0 Å². The highest BCUT2D eigenvalue weighted by Crippen LogP contribution is 2.31. The Kier molecular flexibility index (Phi) is 8.56. The molecular weight excluding hydrogens is 400 g/mol. The fraction of sp³-hybridized carbons (Fsp3) is 0.500. The lowest BCUT2D eigenvalue weighted by Crippen LogP contribution is -2.36. The number of hydrogen-bond donors (Lipinski definition) is 4. The molecule has 0 fully saturated rings. The highest BCUT2D eigenvalue weighted by Gasteiger charge is 2.24. The van der Waals surface area contributed by atoms with Crippen LogP contribution in [-0.2, 0) is 17.6 Å². The van der Waals surface area contributed by atoms with Crippen molar-refractivity contribution in [1.82, 2.24) is 5.32 Å². The summed E-state index contributed by atoms with van der Waals surface area (Å²) < 4.78 is 5.30. The minimum atomic E-state index is -0.475. The highest BCUT2D eigenvalue weighted by atomic mass is 16.6. The van der Waals surface area contributed by atoms with Gasteiger partial charge in [-0.15, -0.1) is 0 Å². The Morgan fingerprint density at radius 1 is 0.938 bits per heavy atom. The van der Waals surface area contributed by atoms with Crippen molar-refractivity contribution in [1.29, 1.82) is 0 Å². The summed E-state index contributed by atoms with van der Waals surface area (Å²) in [5.41, 5.74) is 23.6. The monoisotopic (exact) mass is 440 g/mol. The molecule has 0 aliphatic heterocycles. The molecular formula is C26H40N4O2. The number of anilines is 2. The van der Waals surface area contributed by atoms with Crippen molar-refractivity contribution in [3.05, 3.63) is 58.7 Å². The van der Waals surface area contributed by atoms with E-state index in [1.165, 1.54) is 23.1 Å². The molecule has 176 valence electrons. The van der Waals surface area contributed by atoms with E-state index in [2.05, 4.69) is 11.4 Å². The molecule has 0 aromatic heterocycles. The first kappa shape index (κ1) is 25.5. The predicted molar refractivity (Wildman–Crippen MR) is 133 cm³/mol. The zero-order valence-corrected chi connectivity index (χ0v) is 18.9. The second-order valence-corrected chi connectivity index (χ2v) is 9.51. The van der Waals surface area contributed by atoms with Gasteiger partial charge in [0.15, 0.2) is 0 Å². The van der Waals surface area contributed by atoms with E-state index >= 15 is 0 Å². The van der Waals surface area contributed by atoms with E-state index in [0.29, 0.717) is 0 Å². The maximum Gasteiger partial charge on any atom is 0.408 e. The average Bonchev–Trinajstić information content (AvgIpc) is 2.68. The number of ether oxygens (including phenoxy) is 1. The third kappa shape index (κ3) is 6.89. The molecule has 6 nitrogen and oxygen atoms in total. The zero-order valence-electron chi connectivity index (χ0n) is 18.9. The minimum Gasteiger partial charge on any atom is -0.444 e. The maximum absolute atomic E-state index is 11.9.